The Morgan fingerprint density at radius 3 is 2.48 bits per heavy atom. The molecule has 2 fully saturated rings. The minimum atomic E-state index is -0.170. The summed E-state index contributed by atoms with van der Waals surface area (Å²) in [5.74, 6) is 2.00. The number of halogens is 1. The number of piperidine rings is 1. The largest absolute Gasteiger partial charge is 0.497 e. The first-order valence-electron chi connectivity index (χ1n) is 9.97. The zero-order valence-electron chi connectivity index (χ0n) is 16.2. The number of aryl methyl sites for hydroxylation is 1. The number of hydrogen-bond acceptors (Lipinski definition) is 4. The zero-order chi connectivity index (χ0) is 18.4. The first-order chi connectivity index (χ1) is 12.7. The highest BCUT2D eigenvalue weighted by molar-refractivity contribution is 5.85. The van der Waals surface area contributed by atoms with E-state index in [9.17, 15) is 9.90 Å². The Labute approximate surface area is 168 Å². The molecule has 27 heavy (non-hydrogen) atoms. The van der Waals surface area contributed by atoms with Gasteiger partial charge in [0.2, 0.25) is 5.91 Å². The summed E-state index contributed by atoms with van der Waals surface area (Å²) in [7, 11) is 1.67. The van der Waals surface area contributed by atoms with E-state index in [0.717, 1.165) is 57.4 Å². The van der Waals surface area contributed by atoms with Gasteiger partial charge in [0.05, 0.1) is 13.2 Å². The molecular weight excluding hydrogens is 364 g/mol. The maximum atomic E-state index is 12.5. The number of aliphatic hydroxyl groups is 1. The Morgan fingerprint density at radius 1 is 1.22 bits per heavy atom. The third-order valence-corrected chi connectivity index (χ3v) is 5.91. The van der Waals surface area contributed by atoms with Crippen molar-refractivity contribution in [3.8, 4) is 5.75 Å². The zero-order valence-corrected chi connectivity index (χ0v) is 17.0. The second-order valence-corrected chi connectivity index (χ2v) is 7.77. The Hall–Kier alpha value is -1.30. The fraction of sp³-hybridized carbons (Fsp3) is 0.667. The lowest BCUT2D eigenvalue weighted by Crippen LogP contribution is -2.52. The van der Waals surface area contributed by atoms with Crippen molar-refractivity contribution in [3.63, 3.8) is 0 Å². The van der Waals surface area contributed by atoms with Crippen LogP contribution in [0.3, 0.4) is 0 Å². The van der Waals surface area contributed by atoms with Crippen LogP contribution in [0.4, 0.5) is 0 Å². The number of ether oxygens (including phenoxy) is 1. The lowest BCUT2D eigenvalue weighted by Gasteiger charge is -2.43. The van der Waals surface area contributed by atoms with Gasteiger partial charge in [-0.2, -0.15) is 0 Å². The van der Waals surface area contributed by atoms with Gasteiger partial charge >= 0.3 is 0 Å². The van der Waals surface area contributed by atoms with E-state index in [-0.39, 0.29) is 30.5 Å². The van der Waals surface area contributed by atoms with E-state index in [4.69, 9.17) is 4.74 Å². The lowest BCUT2D eigenvalue weighted by molar-refractivity contribution is -0.123. The van der Waals surface area contributed by atoms with Crippen LogP contribution in [0.1, 0.15) is 44.1 Å². The van der Waals surface area contributed by atoms with Crippen LogP contribution in [-0.4, -0.2) is 43.4 Å². The van der Waals surface area contributed by atoms with Crippen molar-refractivity contribution in [2.45, 2.75) is 57.1 Å². The number of carbonyl (C=O) groups excluding carboxylic acids is 1. The number of rotatable bonds is 8. The third kappa shape index (κ3) is 6.37. The monoisotopic (exact) mass is 396 g/mol. The predicted molar refractivity (Wildman–Crippen MR) is 109 cm³/mol. The van der Waals surface area contributed by atoms with Crippen molar-refractivity contribution >= 4 is 18.3 Å². The van der Waals surface area contributed by atoms with E-state index in [1.165, 1.54) is 5.56 Å². The van der Waals surface area contributed by atoms with E-state index in [1.54, 1.807) is 7.11 Å². The highest BCUT2D eigenvalue weighted by atomic mass is 35.5. The van der Waals surface area contributed by atoms with Crippen LogP contribution in [0.25, 0.3) is 0 Å². The van der Waals surface area contributed by atoms with Gasteiger partial charge in [-0.05, 0) is 81.1 Å². The first-order valence-corrected chi connectivity index (χ1v) is 9.97. The smallest absolute Gasteiger partial charge is 0.220 e. The molecule has 3 N–H and O–H groups in total. The number of aliphatic hydroxyl groups excluding tert-OH is 1. The molecule has 152 valence electrons. The summed E-state index contributed by atoms with van der Waals surface area (Å²) in [5.41, 5.74) is 1.23. The highest BCUT2D eigenvalue weighted by Crippen LogP contribution is 2.35. The molecule has 1 saturated heterocycles. The fourth-order valence-electron chi connectivity index (χ4n) is 4.25. The molecule has 1 aliphatic heterocycles. The Kier molecular flexibility index (Phi) is 8.87. The molecule has 5 nitrogen and oxygen atoms in total. The summed E-state index contributed by atoms with van der Waals surface area (Å²) in [4.78, 5) is 12.5. The standard InChI is InChI=1S/C21H32N2O3.ClH/c1-26-19-7-5-15(6-8-19)3-2-4-20(25)23-21(17-13-18(24)14-17)16-9-11-22-12-10-16;/h5-8,16-18,21-22,24H,2-4,9-14H2,1H3,(H,23,25);1H. The first kappa shape index (κ1) is 22.0. The second kappa shape index (κ2) is 10.9. The molecule has 2 aliphatic rings. The van der Waals surface area contributed by atoms with E-state index < -0.39 is 0 Å². The SMILES string of the molecule is COc1ccc(CCCC(=O)NC(C2CCNCC2)C2CC(O)C2)cc1.Cl. The van der Waals surface area contributed by atoms with Gasteiger partial charge in [0, 0.05) is 12.5 Å². The summed E-state index contributed by atoms with van der Waals surface area (Å²) in [6.45, 7) is 2.06. The van der Waals surface area contributed by atoms with Gasteiger partial charge < -0.3 is 20.5 Å². The van der Waals surface area contributed by atoms with Crippen molar-refractivity contribution in [1.29, 1.82) is 0 Å². The molecule has 0 spiro atoms. The third-order valence-electron chi connectivity index (χ3n) is 5.91. The number of benzene rings is 1. The molecule has 1 aromatic rings. The highest BCUT2D eigenvalue weighted by Gasteiger charge is 2.38. The van der Waals surface area contributed by atoms with Crippen molar-refractivity contribution in [3.05, 3.63) is 29.8 Å². The average Bonchev–Trinajstić information content (AvgIpc) is 2.65. The molecule has 0 aromatic heterocycles. The maximum absolute atomic E-state index is 12.5. The molecule has 0 radical (unpaired) electrons. The van der Waals surface area contributed by atoms with E-state index in [0.29, 0.717) is 18.3 Å². The maximum Gasteiger partial charge on any atom is 0.220 e. The van der Waals surface area contributed by atoms with Crippen LogP contribution in [0.15, 0.2) is 24.3 Å². The van der Waals surface area contributed by atoms with Gasteiger partial charge in [-0.25, -0.2) is 0 Å². The molecule has 3 rings (SSSR count). The Balaban J connectivity index is 0.00000261. The van der Waals surface area contributed by atoms with Crippen LogP contribution >= 0.6 is 12.4 Å². The molecule has 1 saturated carbocycles. The van der Waals surface area contributed by atoms with Gasteiger partial charge in [0.1, 0.15) is 5.75 Å². The molecule has 0 bridgehead atoms. The Bertz CT molecular complexity index is 569. The van der Waals surface area contributed by atoms with Crippen LogP contribution in [0.5, 0.6) is 5.75 Å². The van der Waals surface area contributed by atoms with Crippen molar-refractivity contribution in [1.82, 2.24) is 10.6 Å². The number of amides is 1. The molecular formula is C21H33ClN2O3. The number of hydrogen-bond donors (Lipinski definition) is 3. The van der Waals surface area contributed by atoms with E-state index in [2.05, 4.69) is 22.8 Å². The van der Waals surface area contributed by atoms with Crippen LogP contribution in [0.2, 0.25) is 0 Å². The fourth-order valence-corrected chi connectivity index (χ4v) is 4.25. The normalized spacial score (nSPS) is 23.6. The van der Waals surface area contributed by atoms with Crippen molar-refractivity contribution in [2.75, 3.05) is 20.2 Å². The molecule has 1 heterocycles. The average molecular weight is 397 g/mol. The molecule has 1 amide bonds. The molecule has 1 unspecified atom stereocenters. The van der Waals surface area contributed by atoms with Crippen molar-refractivity contribution < 1.29 is 14.6 Å². The summed E-state index contributed by atoms with van der Waals surface area (Å²) in [6, 6.07) is 8.28. The van der Waals surface area contributed by atoms with Crippen LogP contribution in [0, 0.1) is 11.8 Å². The van der Waals surface area contributed by atoms with Gasteiger partial charge in [-0.1, -0.05) is 12.1 Å². The summed E-state index contributed by atoms with van der Waals surface area (Å²) < 4.78 is 5.17. The van der Waals surface area contributed by atoms with Crippen molar-refractivity contribution in [2.24, 2.45) is 11.8 Å². The number of carbonyl (C=O) groups is 1. The number of nitrogens with one attached hydrogen (secondary N) is 2. The van der Waals surface area contributed by atoms with E-state index >= 15 is 0 Å². The number of methoxy groups -OCH3 is 1. The van der Waals surface area contributed by atoms with Gasteiger partial charge in [-0.3, -0.25) is 4.79 Å². The van der Waals surface area contributed by atoms with E-state index in [1.807, 2.05) is 12.1 Å². The minimum absolute atomic E-state index is 0. The van der Waals surface area contributed by atoms with Gasteiger partial charge in [0.15, 0.2) is 0 Å². The lowest BCUT2D eigenvalue weighted by atomic mass is 9.71. The quantitative estimate of drug-likeness (QED) is 0.631. The summed E-state index contributed by atoms with van der Waals surface area (Å²) >= 11 is 0. The molecule has 1 aliphatic carbocycles. The second-order valence-electron chi connectivity index (χ2n) is 7.77. The van der Waals surface area contributed by atoms with Crippen LogP contribution in [-0.2, 0) is 11.2 Å². The van der Waals surface area contributed by atoms with Crippen LogP contribution < -0.4 is 15.4 Å². The molecule has 1 aromatic carbocycles. The summed E-state index contributed by atoms with van der Waals surface area (Å²) in [6.07, 6.45) is 6.04. The van der Waals surface area contributed by atoms with Gasteiger partial charge in [-0.15, -0.1) is 12.4 Å². The van der Waals surface area contributed by atoms with Gasteiger partial charge in [0.25, 0.3) is 0 Å². The Morgan fingerprint density at radius 2 is 1.89 bits per heavy atom. The predicted octanol–water partition coefficient (Wildman–Crippen LogP) is 2.70. The topological polar surface area (TPSA) is 70.6 Å². The minimum Gasteiger partial charge on any atom is -0.497 e. The molecule has 1 atom stereocenters. The summed E-state index contributed by atoms with van der Waals surface area (Å²) in [5, 5.41) is 16.4. The molecule has 6 heteroatoms.